The summed E-state index contributed by atoms with van der Waals surface area (Å²) in [5.74, 6) is -1.58. The maximum Gasteiger partial charge on any atom is 0.298 e. The Labute approximate surface area is 142 Å². The number of nitrogens with zero attached hydrogens (tertiary/aromatic N) is 3. The number of hydrogen-bond donors (Lipinski definition) is 5. The molecule has 132 valence electrons. The van der Waals surface area contributed by atoms with E-state index in [9.17, 15) is 24.7 Å². The number of phenols is 1. The van der Waals surface area contributed by atoms with Crippen molar-refractivity contribution in [2.24, 2.45) is 0 Å². The number of aryl methyl sites for hydroxylation is 1. The average molecular weight is 350 g/mol. The number of hydrogen-bond acceptors (Lipinski definition) is 7. The van der Waals surface area contributed by atoms with Gasteiger partial charge in [-0.1, -0.05) is 0 Å². The zero-order valence-electron chi connectivity index (χ0n) is 13.3. The van der Waals surface area contributed by atoms with Crippen molar-refractivity contribution in [3.63, 3.8) is 0 Å². The van der Waals surface area contributed by atoms with E-state index in [4.69, 9.17) is 0 Å². The molecule has 0 radical (unpaired) electrons. The molecule has 0 aliphatic carbocycles. The Hall–Kier alpha value is -2.95. The molecule has 25 heavy (non-hydrogen) atoms. The van der Waals surface area contributed by atoms with Crippen LogP contribution < -0.4 is 15.8 Å². The molecule has 3 rings (SSSR count). The molecule has 1 aliphatic rings. The Kier molecular flexibility index (Phi) is 4.17. The lowest BCUT2D eigenvalue weighted by Crippen LogP contribution is -2.57. The Morgan fingerprint density at radius 3 is 2.76 bits per heavy atom. The molecule has 0 unspecified atom stereocenters. The number of phenolic OH excluding ortho intramolecular Hbond substituents is 1. The summed E-state index contributed by atoms with van der Waals surface area (Å²) in [5.41, 5.74) is 2.72. The average Bonchev–Trinajstić information content (AvgIpc) is 2.77. The molecule has 2 heterocycles. The molecule has 1 aromatic carbocycles. The van der Waals surface area contributed by atoms with Crippen molar-refractivity contribution in [1.82, 2.24) is 10.4 Å². The first kappa shape index (κ1) is 16.9. The predicted molar refractivity (Wildman–Crippen MR) is 83.7 cm³/mol. The largest absolute Gasteiger partial charge is 0.505 e. The Morgan fingerprint density at radius 1 is 1.40 bits per heavy atom. The lowest BCUT2D eigenvalue weighted by Gasteiger charge is -2.24. The van der Waals surface area contributed by atoms with Crippen LogP contribution in [0.3, 0.4) is 0 Å². The first-order chi connectivity index (χ1) is 11.8. The van der Waals surface area contributed by atoms with Gasteiger partial charge in [0, 0.05) is 12.7 Å². The highest BCUT2D eigenvalue weighted by atomic mass is 19.1. The maximum absolute atomic E-state index is 14.4. The molecule has 0 bridgehead atoms. The number of anilines is 2. The topological polar surface area (TPSA) is 118 Å². The fourth-order valence-corrected chi connectivity index (χ4v) is 2.54. The van der Waals surface area contributed by atoms with Crippen LogP contribution in [0.25, 0.3) is 0 Å². The van der Waals surface area contributed by atoms with E-state index >= 15 is 0 Å². The quantitative estimate of drug-likeness (QED) is 0.526. The van der Waals surface area contributed by atoms with Gasteiger partial charge in [0.25, 0.3) is 5.91 Å². The van der Waals surface area contributed by atoms with E-state index in [1.807, 2.05) is 19.1 Å². The predicted octanol–water partition coefficient (Wildman–Crippen LogP) is 1.21. The normalized spacial score (nSPS) is 16.0. The number of aromatic nitrogens is 1. The van der Waals surface area contributed by atoms with Crippen LogP contribution in [0, 0.1) is 12.7 Å². The molecule has 1 amide bonds. The van der Waals surface area contributed by atoms with Crippen LogP contribution in [0.1, 0.15) is 11.1 Å². The van der Waals surface area contributed by atoms with Crippen LogP contribution in [0.4, 0.5) is 15.9 Å². The zero-order chi connectivity index (χ0) is 18.2. The number of benzene rings is 1. The number of nitrogens with one attached hydrogen (secondary N) is 2. The third kappa shape index (κ3) is 3.45. The summed E-state index contributed by atoms with van der Waals surface area (Å²) in [6, 6.07) is 6.05. The Balaban J connectivity index is 1.82. The van der Waals surface area contributed by atoms with Gasteiger partial charge in [0.1, 0.15) is 11.6 Å². The fraction of sp³-hybridized carbons (Fsp3) is 0.200. The van der Waals surface area contributed by atoms with E-state index in [0.29, 0.717) is 16.4 Å². The number of halogens is 1. The Bertz CT molecular complexity index is 806. The SMILES string of the molecule is Cc1ccnc(NCc2cc(O)c(N3CC(=O)N[N+]3(O)O)c(F)c2)c1. The molecule has 9 nitrogen and oxygen atoms in total. The lowest BCUT2D eigenvalue weighted by molar-refractivity contribution is -1.27. The summed E-state index contributed by atoms with van der Waals surface area (Å²) in [5, 5.41) is 30.9. The summed E-state index contributed by atoms with van der Waals surface area (Å²) < 4.78 is 14.4. The fourth-order valence-electron chi connectivity index (χ4n) is 2.54. The first-order valence-corrected chi connectivity index (χ1v) is 7.38. The van der Waals surface area contributed by atoms with Crippen LogP contribution in [0.2, 0.25) is 0 Å². The number of carbonyl (C=O) groups is 1. The molecule has 10 heteroatoms. The summed E-state index contributed by atoms with van der Waals surface area (Å²) in [7, 11) is 0. The highest BCUT2D eigenvalue weighted by Gasteiger charge is 2.47. The van der Waals surface area contributed by atoms with E-state index in [-0.39, 0.29) is 6.54 Å². The molecule has 0 saturated carbocycles. The lowest BCUT2D eigenvalue weighted by atomic mass is 10.1. The monoisotopic (exact) mass is 350 g/mol. The van der Waals surface area contributed by atoms with Gasteiger partial charge in [0.05, 0.1) is 0 Å². The number of pyridine rings is 1. The molecular weight excluding hydrogens is 333 g/mol. The van der Waals surface area contributed by atoms with Crippen molar-refractivity contribution in [3.05, 3.63) is 47.4 Å². The van der Waals surface area contributed by atoms with Crippen molar-refractivity contribution >= 4 is 17.4 Å². The number of carbonyl (C=O) groups excluding carboxylic acids is 1. The number of quaternary nitrogens is 1. The van der Waals surface area contributed by atoms with E-state index in [0.717, 1.165) is 11.6 Å². The number of amides is 1. The second-order valence-corrected chi connectivity index (χ2v) is 5.68. The zero-order valence-corrected chi connectivity index (χ0v) is 13.3. The van der Waals surface area contributed by atoms with Crippen LogP contribution in [-0.4, -0.2) is 38.0 Å². The van der Waals surface area contributed by atoms with Crippen molar-refractivity contribution in [2.75, 3.05) is 16.9 Å². The standard InChI is InChI=1S/C15H16FN5O4/c1-9-2-3-17-13(4-9)18-7-10-5-11(16)15(12(22)6-10)20-8-14(23)19-21(20,24)25/h2-6,24-25H,7-8H2,1H3,(H2-,17,18,19,22,23)/p+1. The molecule has 0 atom stereocenters. The first-order valence-electron chi connectivity index (χ1n) is 7.38. The van der Waals surface area contributed by atoms with E-state index < -0.39 is 34.7 Å². The molecule has 1 saturated heterocycles. The Morgan fingerprint density at radius 2 is 2.16 bits per heavy atom. The van der Waals surface area contributed by atoms with Gasteiger partial charge < -0.3 is 10.4 Å². The van der Waals surface area contributed by atoms with Gasteiger partial charge >= 0.3 is 0 Å². The van der Waals surface area contributed by atoms with E-state index in [1.165, 1.54) is 6.07 Å². The van der Waals surface area contributed by atoms with Crippen LogP contribution >= 0.6 is 0 Å². The minimum atomic E-state index is -2.06. The number of rotatable bonds is 4. The van der Waals surface area contributed by atoms with Gasteiger partial charge in [0.2, 0.25) is 0 Å². The number of aromatic hydroxyl groups is 1. The third-order valence-electron chi connectivity index (χ3n) is 3.65. The van der Waals surface area contributed by atoms with Crippen LogP contribution in [0.15, 0.2) is 30.5 Å². The van der Waals surface area contributed by atoms with Crippen molar-refractivity contribution in [1.29, 1.82) is 0 Å². The van der Waals surface area contributed by atoms with Gasteiger partial charge in [-0.25, -0.2) is 9.37 Å². The molecule has 0 spiro atoms. The molecule has 2 aromatic rings. The minimum absolute atomic E-state index is 0.191. The van der Waals surface area contributed by atoms with Gasteiger partial charge in [-0.15, -0.1) is 20.8 Å². The van der Waals surface area contributed by atoms with Crippen molar-refractivity contribution in [3.8, 4) is 5.75 Å². The minimum Gasteiger partial charge on any atom is -0.505 e. The smallest absolute Gasteiger partial charge is 0.298 e. The van der Waals surface area contributed by atoms with Crippen LogP contribution in [0.5, 0.6) is 5.75 Å². The highest BCUT2D eigenvalue weighted by Crippen LogP contribution is 2.34. The third-order valence-corrected chi connectivity index (χ3v) is 3.65. The summed E-state index contributed by atoms with van der Waals surface area (Å²) >= 11 is 0. The van der Waals surface area contributed by atoms with Crippen molar-refractivity contribution in [2.45, 2.75) is 13.5 Å². The van der Waals surface area contributed by atoms with Gasteiger partial charge in [-0.2, -0.15) is 0 Å². The second-order valence-electron chi connectivity index (χ2n) is 5.68. The molecule has 1 aliphatic heterocycles. The second kappa shape index (κ2) is 6.16. The van der Waals surface area contributed by atoms with Crippen molar-refractivity contribution < 1.29 is 29.7 Å². The summed E-state index contributed by atoms with van der Waals surface area (Å²) in [6.07, 6.45) is 1.64. The van der Waals surface area contributed by atoms with Gasteiger partial charge in [0.15, 0.2) is 23.1 Å². The summed E-state index contributed by atoms with van der Waals surface area (Å²) in [6.45, 7) is 1.58. The molecule has 5 N–H and O–H groups in total. The molecule has 1 aromatic heterocycles. The molecular formula is C15H17FN5O4+. The highest BCUT2D eigenvalue weighted by molar-refractivity contribution is 5.82. The molecule has 1 fully saturated rings. The summed E-state index contributed by atoms with van der Waals surface area (Å²) in [4.78, 5) is 15.4. The van der Waals surface area contributed by atoms with E-state index in [2.05, 4.69) is 10.3 Å². The van der Waals surface area contributed by atoms with Crippen LogP contribution in [-0.2, 0) is 11.3 Å². The van der Waals surface area contributed by atoms with Gasteiger partial charge in [-0.05, 0) is 42.3 Å². The van der Waals surface area contributed by atoms with Gasteiger partial charge in [-0.3, -0.25) is 4.79 Å². The maximum atomic E-state index is 14.4. The van der Waals surface area contributed by atoms with E-state index in [1.54, 1.807) is 11.6 Å².